The van der Waals surface area contributed by atoms with Crippen molar-refractivity contribution in [3.05, 3.63) is 35.4 Å². The molecule has 0 atom stereocenters. The molecule has 1 amide bonds. The van der Waals surface area contributed by atoms with E-state index < -0.39 is 0 Å². The molecule has 4 heteroatoms. The van der Waals surface area contributed by atoms with Crippen LogP contribution in [0.5, 0.6) is 0 Å². The normalized spacial score (nSPS) is 24.8. The van der Waals surface area contributed by atoms with Gasteiger partial charge in [0, 0.05) is 31.5 Å². The number of hydrogen-bond acceptors (Lipinski definition) is 3. The molecular formula is C20H29N3O. The van der Waals surface area contributed by atoms with Gasteiger partial charge in [-0.2, -0.15) is 0 Å². The van der Waals surface area contributed by atoms with Crippen molar-refractivity contribution in [2.24, 2.45) is 0 Å². The third-order valence-corrected chi connectivity index (χ3v) is 6.47. The molecule has 1 aromatic carbocycles. The van der Waals surface area contributed by atoms with Crippen LogP contribution in [0, 0.1) is 0 Å². The first-order chi connectivity index (χ1) is 11.7. The average molecular weight is 327 g/mol. The van der Waals surface area contributed by atoms with Crippen LogP contribution in [-0.2, 0) is 16.8 Å². The summed E-state index contributed by atoms with van der Waals surface area (Å²) in [7, 11) is 0. The van der Waals surface area contributed by atoms with Crippen LogP contribution < -0.4 is 5.32 Å². The maximum absolute atomic E-state index is 12.1. The van der Waals surface area contributed by atoms with Gasteiger partial charge in [0.2, 0.25) is 5.91 Å². The first-order valence-electron chi connectivity index (χ1n) is 9.47. The SMILES string of the molecule is CC(=O)N1Cc2ccccc2C2(CCN(C3CCNCC3)CC2)C1. The lowest BCUT2D eigenvalue weighted by Crippen LogP contribution is -2.55. The quantitative estimate of drug-likeness (QED) is 0.858. The number of benzene rings is 1. The summed E-state index contributed by atoms with van der Waals surface area (Å²) >= 11 is 0. The average Bonchev–Trinajstić information content (AvgIpc) is 2.63. The van der Waals surface area contributed by atoms with Crippen molar-refractivity contribution in [2.45, 2.75) is 50.6 Å². The Morgan fingerprint density at radius 2 is 1.88 bits per heavy atom. The summed E-state index contributed by atoms with van der Waals surface area (Å²) in [6.45, 7) is 8.06. The standard InChI is InChI=1S/C20H29N3O/c1-16(24)23-14-17-4-2-3-5-19(17)20(15-23)8-12-22(13-9-20)18-6-10-21-11-7-18/h2-5,18,21H,6-15H2,1H3. The lowest BCUT2D eigenvalue weighted by atomic mass is 9.68. The second-order valence-electron chi connectivity index (χ2n) is 7.83. The highest BCUT2D eigenvalue weighted by atomic mass is 16.2. The molecule has 1 aromatic rings. The Morgan fingerprint density at radius 3 is 2.58 bits per heavy atom. The summed E-state index contributed by atoms with van der Waals surface area (Å²) in [6.07, 6.45) is 4.92. The summed E-state index contributed by atoms with van der Waals surface area (Å²) in [5.41, 5.74) is 3.03. The number of rotatable bonds is 1. The Balaban J connectivity index is 1.55. The number of nitrogens with one attached hydrogen (secondary N) is 1. The van der Waals surface area contributed by atoms with E-state index in [1.165, 1.54) is 49.9 Å². The molecule has 1 spiro atoms. The molecule has 1 N–H and O–H groups in total. The number of nitrogens with zero attached hydrogens (tertiary/aromatic N) is 2. The van der Waals surface area contributed by atoms with Crippen LogP contribution in [0.4, 0.5) is 0 Å². The lowest BCUT2D eigenvalue weighted by Gasteiger charge is -2.50. The molecule has 3 aliphatic heterocycles. The van der Waals surface area contributed by atoms with Crippen LogP contribution in [0.25, 0.3) is 0 Å². The van der Waals surface area contributed by atoms with Gasteiger partial charge in [-0.3, -0.25) is 4.79 Å². The first kappa shape index (κ1) is 16.1. The highest BCUT2D eigenvalue weighted by Gasteiger charge is 2.43. The third kappa shape index (κ3) is 2.86. The van der Waals surface area contributed by atoms with Crippen molar-refractivity contribution in [3.63, 3.8) is 0 Å². The number of carbonyl (C=O) groups is 1. The highest BCUT2D eigenvalue weighted by Crippen LogP contribution is 2.42. The molecular weight excluding hydrogens is 298 g/mol. The second kappa shape index (κ2) is 6.49. The monoisotopic (exact) mass is 327 g/mol. The topological polar surface area (TPSA) is 35.6 Å². The van der Waals surface area contributed by atoms with Gasteiger partial charge in [0.25, 0.3) is 0 Å². The van der Waals surface area contributed by atoms with E-state index in [2.05, 4.69) is 39.4 Å². The molecule has 0 radical (unpaired) electrons. The highest BCUT2D eigenvalue weighted by molar-refractivity contribution is 5.74. The Bertz CT molecular complexity index is 601. The number of hydrogen-bond donors (Lipinski definition) is 1. The van der Waals surface area contributed by atoms with Crippen molar-refractivity contribution in [1.29, 1.82) is 0 Å². The van der Waals surface area contributed by atoms with Crippen LogP contribution >= 0.6 is 0 Å². The van der Waals surface area contributed by atoms with Crippen molar-refractivity contribution in [1.82, 2.24) is 15.1 Å². The van der Waals surface area contributed by atoms with E-state index in [0.717, 1.165) is 32.2 Å². The van der Waals surface area contributed by atoms with E-state index in [9.17, 15) is 4.79 Å². The van der Waals surface area contributed by atoms with Crippen molar-refractivity contribution in [2.75, 3.05) is 32.7 Å². The Hall–Kier alpha value is -1.39. The molecule has 2 saturated heterocycles. The van der Waals surface area contributed by atoms with Crippen LogP contribution in [-0.4, -0.2) is 54.5 Å². The van der Waals surface area contributed by atoms with Gasteiger partial charge in [-0.15, -0.1) is 0 Å². The largest absolute Gasteiger partial charge is 0.338 e. The Kier molecular flexibility index (Phi) is 4.35. The zero-order valence-corrected chi connectivity index (χ0v) is 14.8. The van der Waals surface area contributed by atoms with Gasteiger partial charge >= 0.3 is 0 Å². The molecule has 0 aromatic heterocycles. The van der Waals surface area contributed by atoms with Gasteiger partial charge in [-0.05, 0) is 63.0 Å². The molecule has 3 aliphatic rings. The van der Waals surface area contributed by atoms with E-state index in [1.54, 1.807) is 6.92 Å². The van der Waals surface area contributed by atoms with Crippen LogP contribution in [0.3, 0.4) is 0 Å². The third-order valence-electron chi connectivity index (χ3n) is 6.47. The number of likely N-dealkylation sites (tertiary alicyclic amines) is 1. The van der Waals surface area contributed by atoms with Gasteiger partial charge in [-0.25, -0.2) is 0 Å². The molecule has 0 bridgehead atoms. The summed E-state index contributed by atoms with van der Waals surface area (Å²) < 4.78 is 0. The molecule has 0 aliphatic carbocycles. The molecule has 24 heavy (non-hydrogen) atoms. The number of carbonyl (C=O) groups excluding carboxylic acids is 1. The summed E-state index contributed by atoms with van der Waals surface area (Å²) in [6, 6.07) is 9.56. The Labute approximate surface area is 145 Å². The smallest absolute Gasteiger partial charge is 0.219 e. The minimum absolute atomic E-state index is 0.171. The molecule has 0 unspecified atom stereocenters. The fourth-order valence-corrected chi connectivity index (χ4v) is 5.03. The van der Waals surface area contributed by atoms with E-state index in [0.29, 0.717) is 0 Å². The zero-order valence-electron chi connectivity index (χ0n) is 14.8. The van der Waals surface area contributed by atoms with E-state index >= 15 is 0 Å². The maximum Gasteiger partial charge on any atom is 0.219 e. The van der Waals surface area contributed by atoms with E-state index in [1.807, 2.05) is 0 Å². The fourth-order valence-electron chi connectivity index (χ4n) is 5.03. The first-order valence-corrected chi connectivity index (χ1v) is 9.47. The predicted octanol–water partition coefficient (Wildman–Crippen LogP) is 2.13. The fraction of sp³-hybridized carbons (Fsp3) is 0.650. The molecule has 3 heterocycles. The van der Waals surface area contributed by atoms with Crippen molar-refractivity contribution in [3.8, 4) is 0 Å². The molecule has 2 fully saturated rings. The summed E-state index contributed by atoms with van der Waals surface area (Å²) in [4.78, 5) is 16.8. The van der Waals surface area contributed by atoms with Gasteiger partial charge in [0.1, 0.15) is 0 Å². The van der Waals surface area contributed by atoms with Crippen LogP contribution in [0.15, 0.2) is 24.3 Å². The second-order valence-corrected chi connectivity index (χ2v) is 7.83. The lowest BCUT2D eigenvalue weighted by molar-refractivity contribution is -0.131. The number of piperidine rings is 2. The maximum atomic E-state index is 12.1. The van der Waals surface area contributed by atoms with E-state index in [4.69, 9.17) is 0 Å². The minimum Gasteiger partial charge on any atom is -0.338 e. The minimum atomic E-state index is 0.171. The Morgan fingerprint density at radius 1 is 1.17 bits per heavy atom. The summed E-state index contributed by atoms with van der Waals surface area (Å²) in [5.74, 6) is 0.213. The molecule has 4 rings (SSSR count). The van der Waals surface area contributed by atoms with Crippen LogP contribution in [0.1, 0.15) is 43.7 Å². The molecule has 0 saturated carbocycles. The van der Waals surface area contributed by atoms with Crippen molar-refractivity contribution >= 4 is 5.91 Å². The van der Waals surface area contributed by atoms with Gasteiger partial charge in [0.05, 0.1) is 0 Å². The number of fused-ring (bicyclic) bond motifs is 2. The van der Waals surface area contributed by atoms with Crippen molar-refractivity contribution < 1.29 is 4.79 Å². The zero-order chi connectivity index (χ0) is 16.6. The van der Waals surface area contributed by atoms with Gasteiger partial charge < -0.3 is 15.1 Å². The molecule has 4 nitrogen and oxygen atoms in total. The predicted molar refractivity (Wildman–Crippen MR) is 95.9 cm³/mol. The number of amides is 1. The van der Waals surface area contributed by atoms with Crippen LogP contribution in [0.2, 0.25) is 0 Å². The van der Waals surface area contributed by atoms with E-state index in [-0.39, 0.29) is 11.3 Å². The van der Waals surface area contributed by atoms with Gasteiger partial charge in [0.15, 0.2) is 0 Å². The summed E-state index contributed by atoms with van der Waals surface area (Å²) in [5, 5.41) is 3.47. The van der Waals surface area contributed by atoms with Gasteiger partial charge in [-0.1, -0.05) is 24.3 Å². The molecule has 130 valence electrons.